The zero-order valence-corrected chi connectivity index (χ0v) is 16.4. The Morgan fingerprint density at radius 3 is 2.55 bits per heavy atom. The lowest BCUT2D eigenvalue weighted by Crippen LogP contribution is -2.43. The fourth-order valence-electron chi connectivity index (χ4n) is 2.97. The molecule has 0 unspecified atom stereocenters. The third-order valence-corrected chi connectivity index (χ3v) is 5.37. The van der Waals surface area contributed by atoms with E-state index in [4.69, 9.17) is 4.74 Å². The predicted octanol–water partition coefficient (Wildman–Crippen LogP) is 0.301. The maximum Gasteiger partial charge on any atom is 0.290 e. The van der Waals surface area contributed by atoms with Gasteiger partial charge in [0.2, 0.25) is 0 Å². The number of aromatic nitrogens is 3. The fourth-order valence-corrected chi connectivity index (χ4v) is 3.83. The highest BCUT2D eigenvalue weighted by molar-refractivity contribution is 7.13. The van der Waals surface area contributed by atoms with Gasteiger partial charge in [-0.2, -0.15) is 5.10 Å². The molecule has 0 radical (unpaired) electrons. The first-order valence-electron chi connectivity index (χ1n) is 8.89. The van der Waals surface area contributed by atoms with Crippen LogP contribution in [0.5, 0.6) is 0 Å². The quantitative estimate of drug-likeness (QED) is 0.592. The minimum Gasteiger partial charge on any atom is -0.378 e. The van der Waals surface area contributed by atoms with Crippen molar-refractivity contribution in [3.63, 3.8) is 0 Å². The third-order valence-electron chi connectivity index (χ3n) is 4.47. The van der Waals surface area contributed by atoms with E-state index in [0.29, 0.717) is 24.0 Å². The molecule has 1 fully saturated rings. The molecule has 4 rings (SSSR count). The molecule has 2 N–H and O–H groups in total. The summed E-state index contributed by atoms with van der Waals surface area (Å²) >= 11 is 1.36. The number of aryl methyl sites for hydroxylation is 1. The van der Waals surface area contributed by atoms with Crippen molar-refractivity contribution in [2.75, 3.05) is 31.2 Å². The summed E-state index contributed by atoms with van der Waals surface area (Å²) in [5.74, 6) is -1.17. The Labute approximate surface area is 169 Å². The van der Waals surface area contributed by atoms with Crippen LogP contribution in [-0.4, -0.2) is 52.9 Å². The van der Waals surface area contributed by atoms with Crippen molar-refractivity contribution >= 4 is 39.1 Å². The molecule has 2 amide bonds. The minimum absolute atomic E-state index is 0.0373. The molecule has 2 aromatic heterocycles. The van der Waals surface area contributed by atoms with Gasteiger partial charge in [0.25, 0.3) is 17.4 Å². The Morgan fingerprint density at radius 1 is 1.10 bits per heavy atom. The second-order valence-electron chi connectivity index (χ2n) is 6.35. The molecule has 3 heterocycles. The number of hydrogen-bond donors (Lipinski definition) is 2. The Hall–Kier alpha value is -3.31. The van der Waals surface area contributed by atoms with Crippen LogP contribution in [0.4, 0.5) is 5.13 Å². The summed E-state index contributed by atoms with van der Waals surface area (Å²) in [6.07, 6.45) is 0. The summed E-state index contributed by atoms with van der Waals surface area (Å²) in [5, 5.41) is 7.17. The highest BCUT2D eigenvalue weighted by atomic mass is 32.1. The first kappa shape index (κ1) is 19.0. The summed E-state index contributed by atoms with van der Waals surface area (Å²) in [5.41, 5.74) is 4.62. The van der Waals surface area contributed by atoms with E-state index < -0.39 is 11.8 Å². The van der Waals surface area contributed by atoms with Gasteiger partial charge in [-0.15, -0.1) is 11.3 Å². The molecule has 11 heteroatoms. The van der Waals surface area contributed by atoms with Crippen molar-refractivity contribution < 1.29 is 14.3 Å². The van der Waals surface area contributed by atoms with Crippen molar-refractivity contribution in [2.24, 2.45) is 7.05 Å². The average Bonchev–Trinajstić information content (AvgIpc) is 3.25. The molecular formula is C18H18N6O4S. The molecule has 1 saturated heterocycles. The van der Waals surface area contributed by atoms with Gasteiger partial charge in [0.1, 0.15) is 5.69 Å². The molecule has 3 aromatic rings. The topological polar surface area (TPSA) is 118 Å². The molecule has 29 heavy (non-hydrogen) atoms. The van der Waals surface area contributed by atoms with E-state index >= 15 is 0 Å². The Balaban J connectivity index is 1.47. The van der Waals surface area contributed by atoms with Gasteiger partial charge in [-0.25, -0.2) is 9.67 Å². The number of carbonyl (C=O) groups excluding carboxylic acids is 2. The van der Waals surface area contributed by atoms with Gasteiger partial charge in [-0.1, -0.05) is 18.2 Å². The lowest BCUT2D eigenvalue weighted by molar-refractivity contribution is 0.0841. The number of ether oxygens (including phenoxy) is 1. The number of carbonyl (C=O) groups is 2. The average molecular weight is 414 g/mol. The summed E-state index contributed by atoms with van der Waals surface area (Å²) in [7, 11) is 1.46. The van der Waals surface area contributed by atoms with Crippen LogP contribution in [0.15, 0.2) is 34.4 Å². The predicted molar refractivity (Wildman–Crippen MR) is 107 cm³/mol. The van der Waals surface area contributed by atoms with E-state index in [2.05, 4.69) is 20.9 Å². The van der Waals surface area contributed by atoms with Crippen LogP contribution < -0.4 is 21.3 Å². The summed E-state index contributed by atoms with van der Waals surface area (Å²) in [6.45, 7) is 2.68. The smallest absolute Gasteiger partial charge is 0.290 e. The molecule has 1 aliphatic rings. The van der Waals surface area contributed by atoms with E-state index in [1.54, 1.807) is 29.6 Å². The van der Waals surface area contributed by atoms with E-state index in [1.165, 1.54) is 18.4 Å². The van der Waals surface area contributed by atoms with Crippen LogP contribution in [-0.2, 0) is 11.8 Å². The second kappa shape index (κ2) is 7.97. The molecule has 0 bridgehead atoms. The third kappa shape index (κ3) is 3.82. The van der Waals surface area contributed by atoms with E-state index in [-0.39, 0.29) is 16.9 Å². The molecule has 10 nitrogen and oxygen atoms in total. The number of benzene rings is 1. The van der Waals surface area contributed by atoms with Crippen molar-refractivity contribution in [3.05, 3.63) is 51.4 Å². The van der Waals surface area contributed by atoms with Gasteiger partial charge >= 0.3 is 0 Å². The highest BCUT2D eigenvalue weighted by Gasteiger charge is 2.19. The first-order chi connectivity index (χ1) is 14.0. The van der Waals surface area contributed by atoms with E-state index in [0.717, 1.165) is 22.9 Å². The summed E-state index contributed by atoms with van der Waals surface area (Å²) in [4.78, 5) is 43.5. The van der Waals surface area contributed by atoms with Crippen LogP contribution in [0, 0.1) is 0 Å². The lowest BCUT2D eigenvalue weighted by atomic mass is 10.1. The van der Waals surface area contributed by atoms with Crippen LogP contribution in [0.2, 0.25) is 0 Å². The standard InChI is InChI=1S/C18H18N6O4S/c1-23-17(27)12-5-3-2-4-11(12)14(22-23)16(26)21-20-15(25)13-10-29-18(19-13)24-6-8-28-9-7-24/h2-5,10H,6-9H2,1H3,(H,20,25)(H,21,26). The monoisotopic (exact) mass is 414 g/mol. The molecule has 1 aliphatic heterocycles. The van der Waals surface area contributed by atoms with Crippen LogP contribution in [0.25, 0.3) is 10.8 Å². The number of fused-ring (bicyclic) bond motifs is 1. The molecule has 0 aliphatic carbocycles. The Kier molecular flexibility index (Phi) is 5.23. The van der Waals surface area contributed by atoms with Crippen LogP contribution >= 0.6 is 11.3 Å². The maximum absolute atomic E-state index is 12.6. The fraction of sp³-hybridized carbons (Fsp3) is 0.278. The number of anilines is 1. The first-order valence-corrected chi connectivity index (χ1v) is 9.77. The van der Waals surface area contributed by atoms with Gasteiger partial charge in [0.05, 0.1) is 18.6 Å². The van der Waals surface area contributed by atoms with Gasteiger partial charge in [0.15, 0.2) is 10.8 Å². The van der Waals surface area contributed by atoms with Crippen LogP contribution in [0.1, 0.15) is 21.0 Å². The van der Waals surface area contributed by atoms with Crippen molar-refractivity contribution in [2.45, 2.75) is 0 Å². The van der Waals surface area contributed by atoms with Gasteiger partial charge < -0.3 is 9.64 Å². The Morgan fingerprint density at radius 2 is 1.79 bits per heavy atom. The maximum atomic E-state index is 12.6. The summed E-state index contributed by atoms with van der Waals surface area (Å²) < 4.78 is 6.40. The number of thiazole rings is 1. The van der Waals surface area contributed by atoms with Gasteiger partial charge in [-0.05, 0) is 6.07 Å². The minimum atomic E-state index is -0.631. The molecule has 0 saturated carbocycles. The van der Waals surface area contributed by atoms with E-state index in [9.17, 15) is 14.4 Å². The zero-order valence-electron chi connectivity index (χ0n) is 15.5. The second-order valence-corrected chi connectivity index (χ2v) is 7.18. The van der Waals surface area contributed by atoms with Crippen LogP contribution in [0.3, 0.4) is 0 Å². The van der Waals surface area contributed by atoms with Crippen molar-refractivity contribution in [1.82, 2.24) is 25.6 Å². The molecular weight excluding hydrogens is 396 g/mol. The largest absolute Gasteiger partial charge is 0.378 e. The SMILES string of the molecule is Cn1nc(C(=O)NNC(=O)c2csc(N3CCOCC3)n2)c2ccccc2c1=O. The highest BCUT2D eigenvalue weighted by Crippen LogP contribution is 2.21. The molecule has 1 aromatic carbocycles. The number of amides is 2. The van der Waals surface area contributed by atoms with Crippen molar-refractivity contribution in [1.29, 1.82) is 0 Å². The lowest BCUT2D eigenvalue weighted by Gasteiger charge is -2.25. The normalized spacial score (nSPS) is 14.0. The zero-order chi connectivity index (χ0) is 20.4. The number of rotatable bonds is 3. The molecule has 0 spiro atoms. The van der Waals surface area contributed by atoms with Crippen molar-refractivity contribution in [3.8, 4) is 0 Å². The summed E-state index contributed by atoms with van der Waals surface area (Å²) in [6, 6.07) is 6.68. The van der Waals surface area contributed by atoms with E-state index in [1.807, 2.05) is 4.90 Å². The van der Waals surface area contributed by atoms with Gasteiger partial charge in [0, 0.05) is 30.9 Å². The number of nitrogens with zero attached hydrogens (tertiary/aromatic N) is 4. The number of morpholine rings is 1. The number of nitrogens with one attached hydrogen (secondary N) is 2. The number of hydrogen-bond acceptors (Lipinski definition) is 8. The Bertz CT molecular complexity index is 1130. The van der Waals surface area contributed by atoms with Gasteiger partial charge in [-0.3, -0.25) is 25.2 Å². The molecule has 150 valence electrons. The number of hydrazine groups is 1. The molecule has 0 atom stereocenters.